The summed E-state index contributed by atoms with van der Waals surface area (Å²) in [6.07, 6.45) is 2.53. The third-order valence-corrected chi connectivity index (χ3v) is 5.77. The first-order chi connectivity index (χ1) is 13.1. The van der Waals surface area contributed by atoms with Crippen molar-refractivity contribution in [1.29, 1.82) is 0 Å². The van der Waals surface area contributed by atoms with Crippen molar-refractivity contribution < 1.29 is 4.42 Å². The molecule has 0 radical (unpaired) electrons. The van der Waals surface area contributed by atoms with E-state index in [1.54, 1.807) is 0 Å². The van der Waals surface area contributed by atoms with E-state index in [2.05, 4.69) is 49.9 Å². The summed E-state index contributed by atoms with van der Waals surface area (Å²) in [4.78, 5) is 13.1. The van der Waals surface area contributed by atoms with E-state index in [-0.39, 0.29) is 0 Å². The molecule has 0 aliphatic carbocycles. The molecule has 3 heterocycles. The Bertz CT molecular complexity index is 705. The summed E-state index contributed by atoms with van der Waals surface area (Å²) in [6, 6.07) is 4.37. The lowest BCUT2D eigenvalue weighted by molar-refractivity contribution is 0.169. The van der Waals surface area contributed by atoms with Crippen molar-refractivity contribution in [2.24, 2.45) is 10.9 Å². The zero-order valence-corrected chi connectivity index (χ0v) is 17.4. The van der Waals surface area contributed by atoms with Gasteiger partial charge in [0, 0.05) is 31.1 Å². The average molecular weight is 390 g/mol. The normalized spacial score (nSPS) is 18.6. The summed E-state index contributed by atoms with van der Waals surface area (Å²) in [5.74, 6) is 3.02. The number of likely N-dealkylation sites (tertiary alicyclic amines) is 1. The molecular formula is C20H31N5OS. The highest BCUT2D eigenvalue weighted by atomic mass is 32.1. The minimum absolute atomic E-state index is 0.458. The van der Waals surface area contributed by atoms with E-state index in [1.807, 2.05) is 25.2 Å². The predicted octanol–water partition coefficient (Wildman–Crippen LogP) is 3.32. The summed E-state index contributed by atoms with van der Waals surface area (Å²) >= 11 is 1.85. The van der Waals surface area contributed by atoms with Crippen molar-refractivity contribution in [3.63, 3.8) is 0 Å². The molecule has 148 valence electrons. The van der Waals surface area contributed by atoms with Gasteiger partial charge in [-0.25, -0.2) is 9.98 Å². The molecule has 0 amide bonds. The van der Waals surface area contributed by atoms with E-state index in [0.717, 1.165) is 43.6 Å². The van der Waals surface area contributed by atoms with E-state index in [0.29, 0.717) is 18.4 Å². The molecule has 27 heavy (non-hydrogen) atoms. The van der Waals surface area contributed by atoms with Gasteiger partial charge in [-0.2, -0.15) is 0 Å². The highest BCUT2D eigenvalue weighted by molar-refractivity contribution is 7.09. The Hall–Kier alpha value is -1.86. The molecule has 1 saturated heterocycles. The van der Waals surface area contributed by atoms with E-state index in [9.17, 15) is 0 Å². The Labute approximate surface area is 166 Å². The van der Waals surface area contributed by atoms with E-state index >= 15 is 0 Å². The first-order valence-corrected chi connectivity index (χ1v) is 10.7. The number of aryl methyl sites for hydroxylation is 2. The Morgan fingerprint density at radius 3 is 3.00 bits per heavy atom. The number of rotatable bonds is 7. The lowest BCUT2D eigenvalue weighted by Crippen LogP contribution is -2.44. The molecule has 2 aromatic rings. The fourth-order valence-corrected chi connectivity index (χ4v) is 4.17. The molecule has 0 spiro atoms. The van der Waals surface area contributed by atoms with Gasteiger partial charge in [-0.1, -0.05) is 6.07 Å². The van der Waals surface area contributed by atoms with Crippen LogP contribution in [0.15, 0.2) is 26.9 Å². The van der Waals surface area contributed by atoms with Gasteiger partial charge in [-0.05, 0) is 57.5 Å². The first-order valence-electron chi connectivity index (χ1n) is 9.84. The van der Waals surface area contributed by atoms with Crippen LogP contribution in [0.2, 0.25) is 0 Å². The number of nitrogens with zero attached hydrogens (tertiary/aromatic N) is 3. The zero-order chi connectivity index (χ0) is 19.1. The fraction of sp³-hybridized carbons (Fsp3) is 0.600. The van der Waals surface area contributed by atoms with Gasteiger partial charge < -0.3 is 15.1 Å². The van der Waals surface area contributed by atoms with Crippen LogP contribution in [0.1, 0.15) is 42.0 Å². The fourth-order valence-electron chi connectivity index (χ4n) is 3.42. The SMILES string of the molecule is CCNC(=NCc1nc(C)c(C)o1)NCC1CCCN(Cc2cccs2)C1. The van der Waals surface area contributed by atoms with Crippen LogP contribution in [0.3, 0.4) is 0 Å². The quantitative estimate of drug-likeness (QED) is 0.562. The molecule has 0 bridgehead atoms. The predicted molar refractivity (Wildman–Crippen MR) is 111 cm³/mol. The van der Waals surface area contributed by atoms with E-state index in [4.69, 9.17) is 4.42 Å². The molecule has 1 unspecified atom stereocenters. The minimum atomic E-state index is 0.458. The second-order valence-electron chi connectivity index (χ2n) is 7.15. The number of hydrogen-bond donors (Lipinski definition) is 2. The van der Waals surface area contributed by atoms with Crippen LogP contribution in [0.5, 0.6) is 0 Å². The van der Waals surface area contributed by atoms with Gasteiger partial charge in [-0.3, -0.25) is 4.90 Å². The molecule has 3 rings (SSSR count). The summed E-state index contributed by atoms with van der Waals surface area (Å²) in [5.41, 5.74) is 0.936. The second kappa shape index (κ2) is 9.90. The van der Waals surface area contributed by atoms with Crippen LogP contribution in [0, 0.1) is 19.8 Å². The molecule has 0 aromatic carbocycles. The highest BCUT2D eigenvalue weighted by Gasteiger charge is 2.20. The van der Waals surface area contributed by atoms with Crippen LogP contribution in [-0.2, 0) is 13.1 Å². The van der Waals surface area contributed by atoms with Gasteiger partial charge in [0.15, 0.2) is 5.96 Å². The number of oxazole rings is 1. The lowest BCUT2D eigenvalue weighted by atomic mass is 9.98. The second-order valence-corrected chi connectivity index (χ2v) is 8.18. The minimum Gasteiger partial charge on any atom is -0.444 e. The topological polar surface area (TPSA) is 65.7 Å². The van der Waals surface area contributed by atoms with Crippen LogP contribution < -0.4 is 10.6 Å². The average Bonchev–Trinajstić information content (AvgIpc) is 3.28. The molecule has 1 fully saturated rings. The van der Waals surface area contributed by atoms with Crippen molar-refractivity contribution in [3.8, 4) is 0 Å². The Morgan fingerprint density at radius 2 is 2.30 bits per heavy atom. The highest BCUT2D eigenvalue weighted by Crippen LogP contribution is 2.20. The van der Waals surface area contributed by atoms with Crippen molar-refractivity contribution in [1.82, 2.24) is 20.5 Å². The molecule has 2 aromatic heterocycles. The smallest absolute Gasteiger partial charge is 0.216 e. The Balaban J connectivity index is 1.49. The third kappa shape index (κ3) is 6.07. The van der Waals surface area contributed by atoms with E-state index < -0.39 is 0 Å². The van der Waals surface area contributed by atoms with Crippen LogP contribution in [0.4, 0.5) is 0 Å². The number of piperidine rings is 1. The van der Waals surface area contributed by atoms with Crippen molar-refractivity contribution >= 4 is 17.3 Å². The van der Waals surface area contributed by atoms with Crippen molar-refractivity contribution in [3.05, 3.63) is 39.7 Å². The van der Waals surface area contributed by atoms with Gasteiger partial charge >= 0.3 is 0 Å². The summed E-state index contributed by atoms with van der Waals surface area (Å²) < 4.78 is 5.62. The van der Waals surface area contributed by atoms with Gasteiger partial charge in [-0.15, -0.1) is 11.3 Å². The van der Waals surface area contributed by atoms with Gasteiger partial charge in [0.05, 0.1) is 5.69 Å². The van der Waals surface area contributed by atoms with Crippen molar-refractivity contribution in [2.75, 3.05) is 26.2 Å². The van der Waals surface area contributed by atoms with E-state index in [1.165, 1.54) is 24.3 Å². The van der Waals surface area contributed by atoms with Crippen LogP contribution in [0.25, 0.3) is 0 Å². The molecular weight excluding hydrogens is 358 g/mol. The number of nitrogens with one attached hydrogen (secondary N) is 2. The molecule has 0 saturated carbocycles. The monoisotopic (exact) mass is 389 g/mol. The largest absolute Gasteiger partial charge is 0.444 e. The maximum Gasteiger partial charge on any atom is 0.216 e. The maximum atomic E-state index is 5.62. The van der Waals surface area contributed by atoms with Gasteiger partial charge in [0.2, 0.25) is 5.89 Å². The first kappa shape index (κ1) is 19.9. The Morgan fingerprint density at radius 1 is 1.41 bits per heavy atom. The summed E-state index contributed by atoms with van der Waals surface area (Å²) in [6.45, 7) is 11.6. The number of aromatic nitrogens is 1. The molecule has 1 aliphatic heterocycles. The number of thiophene rings is 1. The molecule has 1 aliphatic rings. The molecule has 2 N–H and O–H groups in total. The number of hydrogen-bond acceptors (Lipinski definition) is 5. The Kier molecular flexibility index (Phi) is 7.29. The molecule has 7 heteroatoms. The zero-order valence-electron chi connectivity index (χ0n) is 16.6. The van der Waals surface area contributed by atoms with Crippen LogP contribution >= 0.6 is 11.3 Å². The number of aliphatic imine (C=N–C) groups is 1. The van der Waals surface area contributed by atoms with Crippen LogP contribution in [-0.4, -0.2) is 42.0 Å². The standard InChI is InChI=1S/C20H31N5OS/c1-4-21-20(23-12-19-24-15(2)16(3)26-19)22-11-17-7-5-9-25(13-17)14-18-8-6-10-27-18/h6,8,10,17H,4-5,7,9,11-14H2,1-3H3,(H2,21,22,23). The maximum absolute atomic E-state index is 5.62. The summed E-state index contributed by atoms with van der Waals surface area (Å²) in [5, 5.41) is 8.99. The molecule has 1 atom stereocenters. The summed E-state index contributed by atoms with van der Waals surface area (Å²) in [7, 11) is 0. The molecule has 6 nitrogen and oxygen atoms in total. The van der Waals surface area contributed by atoms with Gasteiger partial charge in [0.1, 0.15) is 12.3 Å². The van der Waals surface area contributed by atoms with Crippen molar-refractivity contribution in [2.45, 2.75) is 46.7 Å². The third-order valence-electron chi connectivity index (χ3n) is 4.91. The lowest BCUT2D eigenvalue weighted by Gasteiger charge is -2.32. The van der Waals surface area contributed by atoms with Gasteiger partial charge in [0.25, 0.3) is 0 Å². The number of guanidine groups is 1.